The van der Waals surface area contributed by atoms with Crippen molar-refractivity contribution in [3.8, 4) is 0 Å². The molecule has 0 saturated carbocycles. The average Bonchev–Trinajstić information content (AvgIpc) is 2.40. The Morgan fingerprint density at radius 1 is 0.950 bits per heavy atom. The molecule has 2 nitrogen and oxygen atoms in total. The zero-order chi connectivity index (χ0) is 14.9. The highest BCUT2D eigenvalue weighted by Gasteiger charge is 2.35. The molecular formula is C14H9F4NO. The van der Waals surface area contributed by atoms with Gasteiger partial charge in [-0.3, -0.25) is 4.79 Å². The van der Waals surface area contributed by atoms with Crippen LogP contribution in [0.1, 0.15) is 21.5 Å². The number of carbonyl (C=O) groups is 1. The molecule has 0 aliphatic carbocycles. The van der Waals surface area contributed by atoms with Gasteiger partial charge in [0.05, 0.1) is 11.3 Å². The average molecular weight is 283 g/mol. The maximum Gasteiger partial charge on any atom is 0.417 e. The molecule has 2 rings (SSSR count). The van der Waals surface area contributed by atoms with Gasteiger partial charge in [0.25, 0.3) is 0 Å². The van der Waals surface area contributed by atoms with E-state index in [1.54, 1.807) is 0 Å². The second kappa shape index (κ2) is 4.96. The smallest absolute Gasteiger partial charge is 0.396 e. The van der Waals surface area contributed by atoms with E-state index in [4.69, 9.17) is 5.73 Å². The predicted molar refractivity (Wildman–Crippen MR) is 65.7 cm³/mol. The van der Waals surface area contributed by atoms with Gasteiger partial charge in [0, 0.05) is 11.1 Å². The van der Waals surface area contributed by atoms with E-state index < -0.39 is 34.6 Å². The Morgan fingerprint density at radius 2 is 1.55 bits per heavy atom. The van der Waals surface area contributed by atoms with Crippen molar-refractivity contribution in [3.05, 3.63) is 65.0 Å². The summed E-state index contributed by atoms with van der Waals surface area (Å²) in [6, 6.07) is 7.75. The standard InChI is InChI=1S/C14H9F4NO/c15-11-7-3-5-9(12(11)19)13(20)8-4-1-2-6-10(8)14(16,17)18/h1-7H,19H2. The van der Waals surface area contributed by atoms with Gasteiger partial charge in [0.1, 0.15) is 5.82 Å². The summed E-state index contributed by atoms with van der Waals surface area (Å²) in [6.07, 6.45) is -4.67. The molecule has 0 amide bonds. The van der Waals surface area contributed by atoms with Gasteiger partial charge in [0.2, 0.25) is 0 Å². The van der Waals surface area contributed by atoms with Crippen LogP contribution in [0.15, 0.2) is 42.5 Å². The lowest BCUT2D eigenvalue weighted by atomic mass is 9.97. The Labute approximate surface area is 111 Å². The Bertz CT molecular complexity index is 664. The lowest BCUT2D eigenvalue weighted by molar-refractivity contribution is -0.137. The molecule has 104 valence electrons. The number of halogens is 4. The summed E-state index contributed by atoms with van der Waals surface area (Å²) in [6.45, 7) is 0. The molecule has 2 N–H and O–H groups in total. The molecule has 0 heterocycles. The number of nitrogens with two attached hydrogens (primary N) is 1. The fraction of sp³-hybridized carbons (Fsp3) is 0.0714. The van der Waals surface area contributed by atoms with E-state index in [1.807, 2.05) is 0 Å². The third-order valence-corrected chi connectivity index (χ3v) is 2.77. The van der Waals surface area contributed by atoms with Crippen molar-refractivity contribution in [1.82, 2.24) is 0 Å². The lowest BCUT2D eigenvalue weighted by Crippen LogP contribution is -2.15. The van der Waals surface area contributed by atoms with E-state index >= 15 is 0 Å². The number of benzene rings is 2. The molecule has 0 unspecified atom stereocenters. The van der Waals surface area contributed by atoms with Crippen molar-refractivity contribution >= 4 is 11.5 Å². The number of hydrogen-bond donors (Lipinski definition) is 1. The Morgan fingerprint density at radius 3 is 2.20 bits per heavy atom. The van der Waals surface area contributed by atoms with E-state index in [0.29, 0.717) is 0 Å². The highest BCUT2D eigenvalue weighted by molar-refractivity contribution is 6.13. The fourth-order valence-electron chi connectivity index (χ4n) is 1.81. The largest absolute Gasteiger partial charge is 0.417 e. The molecular weight excluding hydrogens is 274 g/mol. The SMILES string of the molecule is Nc1c(F)cccc1C(=O)c1ccccc1C(F)(F)F. The molecule has 0 fully saturated rings. The topological polar surface area (TPSA) is 43.1 Å². The Kier molecular flexibility index (Phi) is 3.48. The molecule has 20 heavy (non-hydrogen) atoms. The zero-order valence-electron chi connectivity index (χ0n) is 10.0. The van der Waals surface area contributed by atoms with Gasteiger partial charge in [-0.2, -0.15) is 13.2 Å². The number of para-hydroxylation sites is 1. The number of rotatable bonds is 2. The summed E-state index contributed by atoms with van der Waals surface area (Å²) < 4.78 is 51.8. The maximum absolute atomic E-state index is 13.3. The van der Waals surface area contributed by atoms with Crippen molar-refractivity contribution in [2.24, 2.45) is 0 Å². The van der Waals surface area contributed by atoms with Crippen LogP contribution in [0.4, 0.5) is 23.2 Å². The van der Waals surface area contributed by atoms with Gasteiger partial charge in [0.15, 0.2) is 5.78 Å². The first kappa shape index (κ1) is 14.0. The van der Waals surface area contributed by atoms with Gasteiger partial charge in [-0.05, 0) is 18.2 Å². The summed E-state index contributed by atoms with van der Waals surface area (Å²) in [5, 5.41) is 0. The minimum Gasteiger partial charge on any atom is -0.396 e. The number of anilines is 1. The molecule has 0 bridgehead atoms. The van der Waals surface area contributed by atoms with Gasteiger partial charge in [-0.15, -0.1) is 0 Å². The summed E-state index contributed by atoms with van der Waals surface area (Å²) in [4.78, 5) is 12.1. The maximum atomic E-state index is 13.3. The molecule has 0 aromatic heterocycles. The van der Waals surface area contributed by atoms with E-state index in [-0.39, 0.29) is 5.56 Å². The van der Waals surface area contributed by atoms with Crippen molar-refractivity contribution in [2.75, 3.05) is 5.73 Å². The Balaban J connectivity index is 2.58. The van der Waals surface area contributed by atoms with E-state index in [1.165, 1.54) is 24.3 Å². The Hall–Kier alpha value is -2.37. The van der Waals surface area contributed by atoms with Gasteiger partial charge in [-0.25, -0.2) is 4.39 Å². The predicted octanol–water partition coefficient (Wildman–Crippen LogP) is 3.66. The van der Waals surface area contributed by atoms with E-state index in [2.05, 4.69) is 0 Å². The summed E-state index contributed by atoms with van der Waals surface area (Å²) in [5.41, 5.74) is 3.02. The molecule has 6 heteroatoms. The van der Waals surface area contributed by atoms with Crippen LogP contribution in [0.25, 0.3) is 0 Å². The van der Waals surface area contributed by atoms with Crippen LogP contribution in [-0.2, 0) is 6.18 Å². The number of carbonyl (C=O) groups excluding carboxylic acids is 1. The van der Waals surface area contributed by atoms with Crippen LogP contribution in [0, 0.1) is 5.82 Å². The molecule has 0 radical (unpaired) electrons. The van der Waals surface area contributed by atoms with Crippen molar-refractivity contribution < 1.29 is 22.4 Å². The molecule has 0 saturated heterocycles. The minimum absolute atomic E-state index is 0.290. The van der Waals surface area contributed by atoms with Gasteiger partial charge in [-0.1, -0.05) is 24.3 Å². The highest BCUT2D eigenvalue weighted by atomic mass is 19.4. The number of ketones is 1. The molecule has 0 spiro atoms. The molecule has 2 aromatic rings. The minimum atomic E-state index is -4.67. The van der Waals surface area contributed by atoms with Crippen LogP contribution in [0.5, 0.6) is 0 Å². The first-order chi connectivity index (χ1) is 9.32. The fourth-order valence-corrected chi connectivity index (χ4v) is 1.81. The van der Waals surface area contributed by atoms with Crippen molar-refractivity contribution in [3.63, 3.8) is 0 Å². The first-order valence-corrected chi connectivity index (χ1v) is 5.57. The first-order valence-electron chi connectivity index (χ1n) is 5.57. The number of nitrogen functional groups attached to an aromatic ring is 1. The zero-order valence-corrected chi connectivity index (χ0v) is 10.0. The van der Waals surface area contributed by atoms with Gasteiger partial charge >= 0.3 is 6.18 Å². The quantitative estimate of drug-likeness (QED) is 0.519. The molecule has 0 aliphatic rings. The monoisotopic (exact) mass is 283 g/mol. The third kappa shape index (κ3) is 2.49. The lowest BCUT2D eigenvalue weighted by Gasteiger charge is -2.12. The van der Waals surface area contributed by atoms with Crippen molar-refractivity contribution in [1.29, 1.82) is 0 Å². The van der Waals surface area contributed by atoms with Gasteiger partial charge < -0.3 is 5.73 Å². The van der Waals surface area contributed by atoms with E-state index in [9.17, 15) is 22.4 Å². The number of hydrogen-bond acceptors (Lipinski definition) is 2. The second-order valence-corrected chi connectivity index (χ2v) is 4.07. The summed E-state index contributed by atoms with van der Waals surface area (Å²) in [5.74, 6) is -1.81. The summed E-state index contributed by atoms with van der Waals surface area (Å²) >= 11 is 0. The van der Waals surface area contributed by atoms with Crippen LogP contribution in [0.3, 0.4) is 0 Å². The summed E-state index contributed by atoms with van der Waals surface area (Å²) in [7, 11) is 0. The number of alkyl halides is 3. The second-order valence-electron chi connectivity index (χ2n) is 4.07. The molecule has 2 aromatic carbocycles. The normalized spacial score (nSPS) is 11.4. The van der Waals surface area contributed by atoms with Crippen LogP contribution in [0.2, 0.25) is 0 Å². The molecule has 0 atom stereocenters. The van der Waals surface area contributed by atoms with Crippen LogP contribution >= 0.6 is 0 Å². The highest BCUT2D eigenvalue weighted by Crippen LogP contribution is 2.33. The van der Waals surface area contributed by atoms with Crippen LogP contribution < -0.4 is 5.73 Å². The van der Waals surface area contributed by atoms with Crippen molar-refractivity contribution in [2.45, 2.75) is 6.18 Å². The third-order valence-electron chi connectivity index (χ3n) is 2.77. The molecule has 0 aliphatic heterocycles. The van der Waals surface area contributed by atoms with E-state index in [0.717, 1.165) is 18.2 Å². The van der Waals surface area contributed by atoms with Crippen LogP contribution in [-0.4, -0.2) is 5.78 Å².